The minimum Gasteiger partial charge on any atom is -0.480 e. The molecular weight excluding hydrogens is 257 g/mol. The predicted molar refractivity (Wildman–Crippen MR) is 55.3 cm³/mol. The van der Waals surface area contributed by atoms with Crippen molar-refractivity contribution in [1.29, 1.82) is 0 Å². The van der Waals surface area contributed by atoms with Crippen molar-refractivity contribution < 1.29 is 9.90 Å². The molecule has 1 aromatic rings. The van der Waals surface area contributed by atoms with E-state index in [1.165, 1.54) is 0 Å². The number of anilines is 1. The molecule has 70 valence electrons. The summed E-state index contributed by atoms with van der Waals surface area (Å²) in [6.07, 6.45) is 0. The third-order valence-corrected chi connectivity index (χ3v) is 2.60. The van der Waals surface area contributed by atoms with Crippen molar-refractivity contribution in [2.45, 2.75) is 0 Å². The van der Waals surface area contributed by atoms with Gasteiger partial charge >= 0.3 is 5.97 Å². The van der Waals surface area contributed by atoms with Crippen LogP contribution >= 0.6 is 27.5 Å². The predicted octanol–water partition coefficient (Wildman–Crippen LogP) is 2.60. The van der Waals surface area contributed by atoms with Gasteiger partial charge in [-0.3, -0.25) is 4.79 Å². The Kier molecular flexibility index (Phi) is 3.57. The first-order chi connectivity index (χ1) is 6.09. The number of benzene rings is 1. The van der Waals surface area contributed by atoms with Crippen LogP contribution in [0.1, 0.15) is 0 Å². The molecule has 0 bridgehead atoms. The third-order valence-electron chi connectivity index (χ3n) is 1.36. The minimum absolute atomic E-state index is 0.113. The van der Waals surface area contributed by atoms with E-state index >= 15 is 0 Å². The Morgan fingerprint density at radius 1 is 1.62 bits per heavy atom. The highest BCUT2D eigenvalue weighted by Crippen LogP contribution is 2.25. The Morgan fingerprint density at radius 2 is 2.31 bits per heavy atom. The molecule has 0 atom stereocenters. The quantitative estimate of drug-likeness (QED) is 0.882. The fraction of sp³-hybridized carbons (Fsp3) is 0.125. The molecule has 5 heteroatoms. The molecule has 0 saturated heterocycles. The van der Waals surface area contributed by atoms with Gasteiger partial charge in [0, 0.05) is 10.2 Å². The van der Waals surface area contributed by atoms with Gasteiger partial charge in [-0.1, -0.05) is 11.6 Å². The average molecular weight is 265 g/mol. The number of aliphatic carboxylic acids is 1. The highest BCUT2D eigenvalue weighted by atomic mass is 79.9. The van der Waals surface area contributed by atoms with Gasteiger partial charge in [-0.2, -0.15) is 0 Å². The maximum absolute atomic E-state index is 10.2. The number of carbonyl (C=O) groups is 1. The fourth-order valence-corrected chi connectivity index (χ4v) is 1.21. The summed E-state index contributed by atoms with van der Waals surface area (Å²) in [7, 11) is 0. The van der Waals surface area contributed by atoms with Crippen LogP contribution in [0, 0.1) is 0 Å². The van der Waals surface area contributed by atoms with Crippen molar-refractivity contribution in [3.63, 3.8) is 0 Å². The Hall–Kier alpha value is -0.740. The van der Waals surface area contributed by atoms with Crippen molar-refractivity contribution in [2.24, 2.45) is 0 Å². The second-order valence-electron chi connectivity index (χ2n) is 2.38. The summed E-state index contributed by atoms with van der Waals surface area (Å²) in [4.78, 5) is 10.2. The fourth-order valence-electron chi connectivity index (χ4n) is 0.784. The number of rotatable bonds is 3. The van der Waals surface area contributed by atoms with Crippen molar-refractivity contribution in [2.75, 3.05) is 11.9 Å². The zero-order valence-corrected chi connectivity index (χ0v) is 8.89. The first-order valence-corrected chi connectivity index (χ1v) is 4.67. The number of hydrogen-bond acceptors (Lipinski definition) is 2. The maximum atomic E-state index is 10.2. The van der Waals surface area contributed by atoms with E-state index in [1.54, 1.807) is 18.2 Å². The lowest BCUT2D eigenvalue weighted by Gasteiger charge is -2.04. The molecule has 0 spiro atoms. The Balaban J connectivity index is 2.68. The molecule has 0 aliphatic rings. The van der Waals surface area contributed by atoms with Gasteiger partial charge in [-0.05, 0) is 34.1 Å². The monoisotopic (exact) mass is 263 g/mol. The molecule has 0 saturated carbocycles. The Bertz CT molecular complexity index is 330. The normalized spacial score (nSPS) is 9.69. The summed E-state index contributed by atoms with van der Waals surface area (Å²) in [5.41, 5.74) is 0.690. The van der Waals surface area contributed by atoms with Crippen molar-refractivity contribution in [3.8, 4) is 0 Å². The van der Waals surface area contributed by atoms with Crippen LogP contribution in [0.2, 0.25) is 5.02 Å². The molecule has 0 aromatic heterocycles. The van der Waals surface area contributed by atoms with Gasteiger partial charge in [0.1, 0.15) is 6.54 Å². The summed E-state index contributed by atoms with van der Waals surface area (Å²) in [6.45, 7) is -0.113. The zero-order valence-electron chi connectivity index (χ0n) is 6.55. The van der Waals surface area contributed by atoms with Gasteiger partial charge in [-0.25, -0.2) is 0 Å². The van der Waals surface area contributed by atoms with E-state index in [9.17, 15) is 4.79 Å². The van der Waals surface area contributed by atoms with Crippen LogP contribution in [0.4, 0.5) is 5.69 Å². The van der Waals surface area contributed by atoms with Crippen LogP contribution in [0.15, 0.2) is 22.7 Å². The van der Waals surface area contributed by atoms with E-state index in [4.69, 9.17) is 16.7 Å². The largest absolute Gasteiger partial charge is 0.480 e. The zero-order chi connectivity index (χ0) is 9.84. The molecular formula is C8H7BrClNO2. The molecule has 1 aromatic carbocycles. The van der Waals surface area contributed by atoms with E-state index in [0.29, 0.717) is 10.7 Å². The lowest BCUT2D eigenvalue weighted by Crippen LogP contribution is -2.12. The standard InChI is InChI=1S/C8H7BrClNO2/c9-6-2-1-5(3-7(6)10)11-4-8(12)13/h1-3,11H,4H2,(H,12,13). The molecule has 0 unspecified atom stereocenters. The topological polar surface area (TPSA) is 49.3 Å². The van der Waals surface area contributed by atoms with Gasteiger partial charge in [0.2, 0.25) is 0 Å². The molecule has 0 radical (unpaired) electrons. The highest BCUT2D eigenvalue weighted by molar-refractivity contribution is 9.10. The van der Waals surface area contributed by atoms with Crippen molar-refractivity contribution >= 4 is 39.2 Å². The van der Waals surface area contributed by atoms with Crippen LogP contribution < -0.4 is 5.32 Å². The van der Waals surface area contributed by atoms with Gasteiger partial charge in [-0.15, -0.1) is 0 Å². The Morgan fingerprint density at radius 3 is 2.85 bits per heavy atom. The number of nitrogens with one attached hydrogen (secondary N) is 1. The molecule has 3 nitrogen and oxygen atoms in total. The molecule has 0 aliphatic heterocycles. The van der Waals surface area contributed by atoms with E-state index < -0.39 is 5.97 Å². The summed E-state index contributed by atoms with van der Waals surface area (Å²) >= 11 is 9.03. The molecule has 1 rings (SSSR count). The van der Waals surface area contributed by atoms with E-state index in [1.807, 2.05) is 0 Å². The highest BCUT2D eigenvalue weighted by Gasteiger charge is 2.00. The Labute approximate surface area is 88.8 Å². The molecule has 0 fully saturated rings. The number of hydrogen-bond donors (Lipinski definition) is 2. The van der Waals surface area contributed by atoms with E-state index in [-0.39, 0.29) is 6.54 Å². The lowest BCUT2D eigenvalue weighted by molar-refractivity contribution is -0.134. The third kappa shape index (κ3) is 3.24. The van der Waals surface area contributed by atoms with Gasteiger partial charge < -0.3 is 10.4 Å². The second-order valence-corrected chi connectivity index (χ2v) is 3.64. The summed E-state index contributed by atoms with van der Waals surface area (Å²) in [5, 5.41) is 11.7. The maximum Gasteiger partial charge on any atom is 0.322 e. The minimum atomic E-state index is -0.904. The molecule has 0 aliphatic carbocycles. The lowest BCUT2D eigenvalue weighted by atomic mass is 10.3. The van der Waals surface area contributed by atoms with Crippen LogP contribution in [0.3, 0.4) is 0 Å². The molecule has 13 heavy (non-hydrogen) atoms. The summed E-state index contributed by atoms with van der Waals surface area (Å²) < 4.78 is 0.787. The first kappa shape index (κ1) is 10.3. The SMILES string of the molecule is O=C(O)CNc1ccc(Br)c(Cl)c1. The van der Waals surface area contributed by atoms with Crippen LogP contribution in [-0.2, 0) is 4.79 Å². The number of carboxylic acid groups (broad SMARTS) is 1. The summed E-state index contributed by atoms with van der Waals surface area (Å²) in [6, 6.07) is 5.17. The van der Waals surface area contributed by atoms with E-state index in [0.717, 1.165) is 4.47 Å². The van der Waals surface area contributed by atoms with E-state index in [2.05, 4.69) is 21.2 Å². The van der Waals surface area contributed by atoms with Gasteiger partial charge in [0.05, 0.1) is 5.02 Å². The van der Waals surface area contributed by atoms with Crippen LogP contribution in [0.25, 0.3) is 0 Å². The first-order valence-electron chi connectivity index (χ1n) is 3.50. The van der Waals surface area contributed by atoms with Crippen molar-refractivity contribution in [1.82, 2.24) is 0 Å². The molecule has 2 N–H and O–H groups in total. The molecule has 0 heterocycles. The smallest absolute Gasteiger partial charge is 0.322 e. The second kappa shape index (κ2) is 4.48. The molecule has 0 amide bonds. The van der Waals surface area contributed by atoms with Crippen molar-refractivity contribution in [3.05, 3.63) is 27.7 Å². The van der Waals surface area contributed by atoms with Gasteiger partial charge in [0.15, 0.2) is 0 Å². The number of carboxylic acids is 1. The van der Waals surface area contributed by atoms with Crippen LogP contribution in [0.5, 0.6) is 0 Å². The summed E-state index contributed by atoms with van der Waals surface area (Å²) in [5.74, 6) is -0.904. The number of halogens is 2. The average Bonchev–Trinajstić information content (AvgIpc) is 2.07. The van der Waals surface area contributed by atoms with Crippen LogP contribution in [-0.4, -0.2) is 17.6 Å². The van der Waals surface area contributed by atoms with Gasteiger partial charge in [0.25, 0.3) is 0 Å².